The number of hydrogen-bond donors (Lipinski definition) is 1. The minimum atomic E-state index is -0.428. The van der Waals surface area contributed by atoms with Crippen LogP contribution in [0, 0.1) is 0 Å². The minimum absolute atomic E-state index is 0.383. The molecular formula is C16H18N2O3. The third-order valence-corrected chi connectivity index (χ3v) is 2.99. The smallest absolute Gasteiger partial charge is 0.337 e. The van der Waals surface area contributed by atoms with Crippen LogP contribution in [0.25, 0.3) is 0 Å². The molecule has 0 atom stereocenters. The normalized spacial score (nSPS) is 10.0. The number of benzene rings is 2. The van der Waals surface area contributed by atoms with Crippen molar-refractivity contribution in [1.29, 1.82) is 0 Å². The number of carbonyl (C=O) groups excluding carboxylic acids is 1. The van der Waals surface area contributed by atoms with Gasteiger partial charge in [-0.3, -0.25) is 0 Å². The van der Waals surface area contributed by atoms with Gasteiger partial charge in [-0.2, -0.15) is 0 Å². The fraction of sp³-hybridized carbons (Fsp3) is 0.188. The molecule has 0 aliphatic carbocycles. The molecule has 5 heteroatoms. The Balaban J connectivity index is 2.24. The van der Waals surface area contributed by atoms with Crippen LogP contribution in [0.15, 0.2) is 42.5 Å². The van der Waals surface area contributed by atoms with Gasteiger partial charge in [-0.25, -0.2) is 4.79 Å². The van der Waals surface area contributed by atoms with Crippen LogP contribution in [0.3, 0.4) is 0 Å². The lowest BCUT2D eigenvalue weighted by molar-refractivity contribution is 0.0601. The predicted molar refractivity (Wildman–Crippen MR) is 83.0 cm³/mol. The van der Waals surface area contributed by atoms with Gasteiger partial charge in [0.15, 0.2) is 0 Å². The van der Waals surface area contributed by atoms with Crippen molar-refractivity contribution in [2.45, 2.75) is 0 Å². The van der Waals surface area contributed by atoms with Gasteiger partial charge >= 0.3 is 5.97 Å². The first kappa shape index (κ1) is 14.7. The van der Waals surface area contributed by atoms with E-state index in [2.05, 4.69) is 4.74 Å². The Morgan fingerprint density at radius 2 is 1.90 bits per heavy atom. The van der Waals surface area contributed by atoms with Gasteiger partial charge in [0.25, 0.3) is 0 Å². The van der Waals surface area contributed by atoms with Crippen LogP contribution in [0.2, 0.25) is 0 Å². The topological polar surface area (TPSA) is 64.8 Å². The number of nitrogens with zero attached hydrogens (tertiary/aromatic N) is 1. The quantitative estimate of drug-likeness (QED) is 0.691. The Kier molecular flexibility index (Phi) is 4.33. The van der Waals surface area contributed by atoms with Gasteiger partial charge in [-0.05, 0) is 30.3 Å². The molecule has 110 valence electrons. The molecule has 0 radical (unpaired) electrons. The molecular weight excluding hydrogens is 268 g/mol. The van der Waals surface area contributed by atoms with E-state index in [-0.39, 0.29) is 0 Å². The zero-order chi connectivity index (χ0) is 15.4. The second kappa shape index (κ2) is 6.17. The Bertz CT molecular complexity index is 654. The van der Waals surface area contributed by atoms with Gasteiger partial charge in [0, 0.05) is 25.8 Å². The molecule has 0 spiro atoms. The molecule has 0 amide bonds. The second-order valence-corrected chi connectivity index (χ2v) is 4.74. The highest BCUT2D eigenvalue weighted by Crippen LogP contribution is 2.30. The summed E-state index contributed by atoms with van der Waals surface area (Å²) < 4.78 is 10.4. The molecule has 0 aliphatic rings. The van der Waals surface area contributed by atoms with Crippen LogP contribution in [0.5, 0.6) is 11.5 Å². The summed E-state index contributed by atoms with van der Waals surface area (Å²) in [6, 6.07) is 12.5. The highest BCUT2D eigenvalue weighted by Gasteiger charge is 2.09. The van der Waals surface area contributed by atoms with Gasteiger partial charge < -0.3 is 20.1 Å². The number of carbonyl (C=O) groups is 1. The van der Waals surface area contributed by atoms with Crippen LogP contribution >= 0.6 is 0 Å². The molecule has 0 saturated heterocycles. The predicted octanol–water partition coefficient (Wildman–Crippen LogP) is 2.91. The number of hydrogen-bond acceptors (Lipinski definition) is 5. The summed E-state index contributed by atoms with van der Waals surface area (Å²) in [6.07, 6.45) is 0. The maximum atomic E-state index is 11.4. The Labute approximate surface area is 123 Å². The van der Waals surface area contributed by atoms with E-state index in [9.17, 15) is 4.79 Å². The zero-order valence-electron chi connectivity index (χ0n) is 12.3. The average Bonchev–Trinajstić information content (AvgIpc) is 2.48. The number of rotatable bonds is 4. The largest absolute Gasteiger partial charge is 0.465 e. The first-order valence-corrected chi connectivity index (χ1v) is 6.44. The molecule has 2 aromatic carbocycles. The Morgan fingerprint density at radius 1 is 1.14 bits per heavy atom. The third-order valence-electron chi connectivity index (χ3n) is 2.99. The van der Waals surface area contributed by atoms with Crippen molar-refractivity contribution in [2.24, 2.45) is 0 Å². The number of nitrogen functional groups attached to an aromatic ring is 1. The van der Waals surface area contributed by atoms with Gasteiger partial charge in [0.2, 0.25) is 0 Å². The van der Waals surface area contributed by atoms with Crippen molar-refractivity contribution >= 4 is 17.3 Å². The Hall–Kier alpha value is -2.69. The molecule has 21 heavy (non-hydrogen) atoms. The van der Waals surface area contributed by atoms with E-state index >= 15 is 0 Å². The summed E-state index contributed by atoms with van der Waals surface area (Å²) in [5.74, 6) is 0.750. The fourth-order valence-electron chi connectivity index (χ4n) is 1.84. The standard InChI is InChI=1S/C16H18N2O3/c1-18(2)12-5-4-6-13(10-12)21-15-8-7-11(9-14(15)17)16(19)20-3/h4-10H,17H2,1-3H3. The SMILES string of the molecule is COC(=O)c1ccc(Oc2cccc(N(C)C)c2)c(N)c1. The van der Waals surface area contributed by atoms with Crippen molar-refractivity contribution in [1.82, 2.24) is 0 Å². The van der Waals surface area contributed by atoms with Gasteiger partial charge in [0.1, 0.15) is 11.5 Å². The number of nitrogens with two attached hydrogens (primary N) is 1. The van der Waals surface area contributed by atoms with E-state index in [4.69, 9.17) is 10.5 Å². The Morgan fingerprint density at radius 3 is 2.52 bits per heavy atom. The summed E-state index contributed by atoms with van der Waals surface area (Å²) in [4.78, 5) is 13.4. The molecule has 0 aromatic heterocycles. The van der Waals surface area contributed by atoms with Crippen LogP contribution < -0.4 is 15.4 Å². The summed E-state index contributed by atoms with van der Waals surface area (Å²) in [5, 5.41) is 0. The summed E-state index contributed by atoms with van der Waals surface area (Å²) in [7, 11) is 5.24. The molecule has 2 N–H and O–H groups in total. The third kappa shape index (κ3) is 3.45. The van der Waals surface area contributed by atoms with E-state index < -0.39 is 5.97 Å². The lowest BCUT2D eigenvalue weighted by atomic mass is 10.2. The number of esters is 1. The van der Waals surface area contributed by atoms with Gasteiger partial charge in [-0.15, -0.1) is 0 Å². The summed E-state index contributed by atoms with van der Waals surface area (Å²) in [6.45, 7) is 0. The maximum Gasteiger partial charge on any atom is 0.337 e. The molecule has 2 rings (SSSR count). The number of anilines is 2. The van der Waals surface area contributed by atoms with Crippen molar-refractivity contribution in [3.05, 3.63) is 48.0 Å². The van der Waals surface area contributed by atoms with Crippen molar-refractivity contribution in [3.8, 4) is 11.5 Å². The summed E-state index contributed by atoms with van der Waals surface area (Å²) in [5.41, 5.74) is 7.72. The van der Waals surface area contributed by atoms with Gasteiger partial charge in [-0.1, -0.05) is 6.07 Å². The molecule has 0 unspecified atom stereocenters. The van der Waals surface area contributed by atoms with Crippen LogP contribution in [-0.4, -0.2) is 27.2 Å². The number of methoxy groups -OCH3 is 1. The molecule has 5 nitrogen and oxygen atoms in total. The average molecular weight is 286 g/mol. The maximum absolute atomic E-state index is 11.4. The van der Waals surface area contributed by atoms with Crippen molar-refractivity contribution in [2.75, 3.05) is 31.8 Å². The van der Waals surface area contributed by atoms with Crippen molar-refractivity contribution < 1.29 is 14.3 Å². The highest BCUT2D eigenvalue weighted by molar-refractivity contribution is 5.90. The second-order valence-electron chi connectivity index (χ2n) is 4.74. The van der Waals surface area contributed by atoms with Crippen LogP contribution in [0.4, 0.5) is 11.4 Å². The van der Waals surface area contributed by atoms with E-state index in [1.54, 1.807) is 12.1 Å². The molecule has 2 aromatic rings. The van der Waals surface area contributed by atoms with Crippen LogP contribution in [0.1, 0.15) is 10.4 Å². The zero-order valence-corrected chi connectivity index (χ0v) is 12.3. The lowest BCUT2D eigenvalue weighted by Gasteiger charge is -2.14. The molecule has 0 fully saturated rings. The van der Waals surface area contributed by atoms with Crippen LogP contribution in [-0.2, 0) is 4.74 Å². The van der Waals surface area contributed by atoms with E-state index in [1.807, 2.05) is 43.3 Å². The molecule has 0 aliphatic heterocycles. The fourth-order valence-corrected chi connectivity index (χ4v) is 1.84. The number of ether oxygens (including phenoxy) is 2. The van der Waals surface area contributed by atoms with Gasteiger partial charge in [0.05, 0.1) is 18.4 Å². The van der Waals surface area contributed by atoms with E-state index in [0.717, 1.165) is 5.69 Å². The molecule has 0 heterocycles. The molecule has 0 saturated carbocycles. The monoisotopic (exact) mass is 286 g/mol. The first-order valence-electron chi connectivity index (χ1n) is 6.44. The van der Waals surface area contributed by atoms with E-state index in [1.165, 1.54) is 13.2 Å². The lowest BCUT2D eigenvalue weighted by Crippen LogP contribution is -2.08. The minimum Gasteiger partial charge on any atom is -0.465 e. The van der Waals surface area contributed by atoms with E-state index in [0.29, 0.717) is 22.7 Å². The highest BCUT2D eigenvalue weighted by atomic mass is 16.5. The summed E-state index contributed by atoms with van der Waals surface area (Å²) >= 11 is 0. The van der Waals surface area contributed by atoms with Crippen molar-refractivity contribution in [3.63, 3.8) is 0 Å². The molecule has 0 bridgehead atoms. The first-order chi connectivity index (χ1) is 10.0.